The van der Waals surface area contributed by atoms with Gasteiger partial charge in [-0.2, -0.15) is 0 Å². The fourth-order valence-corrected chi connectivity index (χ4v) is 3.60. The second kappa shape index (κ2) is 5.23. The molecule has 108 valence electrons. The summed E-state index contributed by atoms with van der Waals surface area (Å²) in [6.07, 6.45) is 3.70. The van der Waals surface area contributed by atoms with Crippen LogP contribution in [0.15, 0.2) is 34.7 Å². The molecule has 1 heterocycles. The molecule has 0 radical (unpaired) electrons. The first-order valence-electron chi connectivity index (χ1n) is 7.55. The molecule has 20 heavy (non-hydrogen) atoms. The zero-order valence-electron chi connectivity index (χ0n) is 12.0. The molecule has 1 aromatic carbocycles. The third-order valence-corrected chi connectivity index (χ3v) is 5.02. The van der Waals surface area contributed by atoms with E-state index in [1.807, 2.05) is 30.3 Å². The van der Waals surface area contributed by atoms with Gasteiger partial charge in [-0.25, -0.2) is 0 Å². The number of furan rings is 1. The van der Waals surface area contributed by atoms with Gasteiger partial charge in [-0.15, -0.1) is 0 Å². The first-order valence-corrected chi connectivity index (χ1v) is 7.55. The lowest BCUT2D eigenvalue weighted by Crippen LogP contribution is -2.34. The Morgan fingerprint density at radius 2 is 2.25 bits per heavy atom. The highest BCUT2D eigenvalue weighted by molar-refractivity contribution is 5.77. The lowest BCUT2D eigenvalue weighted by Gasteiger charge is -2.32. The number of aliphatic hydroxyl groups excluding tert-OH is 1. The molecule has 1 aliphatic rings. The van der Waals surface area contributed by atoms with Crippen LogP contribution in [0.5, 0.6) is 0 Å². The standard InChI is InChI=1S/C17H23NO2/c1-2-12-7-8-17(10-12,11-18)16(19)15-9-13-5-3-4-6-14(13)20-15/h3-6,9,12,16,19H,2,7-8,10-11,18H2,1H3. The Kier molecular flexibility index (Phi) is 3.57. The summed E-state index contributed by atoms with van der Waals surface area (Å²) in [6.45, 7) is 2.73. The Labute approximate surface area is 119 Å². The minimum Gasteiger partial charge on any atom is -0.458 e. The molecule has 3 atom stereocenters. The highest BCUT2D eigenvalue weighted by atomic mass is 16.4. The van der Waals surface area contributed by atoms with E-state index in [2.05, 4.69) is 6.92 Å². The molecule has 1 fully saturated rings. The van der Waals surface area contributed by atoms with Crippen LogP contribution in [-0.2, 0) is 0 Å². The van der Waals surface area contributed by atoms with Crippen LogP contribution < -0.4 is 5.73 Å². The molecule has 2 aromatic rings. The summed E-state index contributed by atoms with van der Waals surface area (Å²) in [5, 5.41) is 11.9. The first-order chi connectivity index (χ1) is 9.68. The SMILES string of the molecule is CCC1CCC(CN)(C(O)c2cc3ccccc3o2)C1. The Balaban J connectivity index is 1.92. The van der Waals surface area contributed by atoms with E-state index in [-0.39, 0.29) is 5.41 Å². The van der Waals surface area contributed by atoms with Crippen LogP contribution in [-0.4, -0.2) is 11.7 Å². The molecule has 1 aromatic heterocycles. The number of fused-ring (bicyclic) bond motifs is 1. The third kappa shape index (κ3) is 2.15. The van der Waals surface area contributed by atoms with E-state index >= 15 is 0 Å². The highest BCUT2D eigenvalue weighted by Gasteiger charge is 2.44. The summed E-state index contributed by atoms with van der Waals surface area (Å²) in [5.74, 6) is 1.34. The topological polar surface area (TPSA) is 59.4 Å². The van der Waals surface area contributed by atoms with Crippen LogP contribution in [0.1, 0.15) is 44.5 Å². The summed E-state index contributed by atoms with van der Waals surface area (Å²) in [5.41, 5.74) is 6.63. The molecule has 0 spiro atoms. The quantitative estimate of drug-likeness (QED) is 0.894. The summed E-state index contributed by atoms with van der Waals surface area (Å²) in [4.78, 5) is 0. The van der Waals surface area contributed by atoms with E-state index < -0.39 is 6.10 Å². The van der Waals surface area contributed by atoms with Gasteiger partial charge in [0.05, 0.1) is 0 Å². The molecule has 3 unspecified atom stereocenters. The average Bonchev–Trinajstić information content (AvgIpc) is 3.11. The minimum absolute atomic E-state index is 0.214. The Hall–Kier alpha value is -1.32. The predicted molar refractivity (Wildman–Crippen MR) is 80.3 cm³/mol. The van der Waals surface area contributed by atoms with E-state index in [1.54, 1.807) is 0 Å². The number of rotatable bonds is 4. The summed E-state index contributed by atoms with van der Waals surface area (Å²) in [6, 6.07) is 9.83. The van der Waals surface area contributed by atoms with Crippen molar-refractivity contribution in [3.05, 3.63) is 36.1 Å². The van der Waals surface area contributed by atoms with Gasteiger partial charge in [0.2, 0.25) is 0 Å². The molecule has 3 N–H and O–H groups in total. The summed E-state index contributed by atoms with van der Waals surface area (Å²) in [7, 11) is 0. The van der Waals surface area contributed by atoms with Crippen LogP contribution in [0, 0.1) is 11.3 Å². The van der Waals surface area contributed by atoms with Crippen molar-refractivity contribution in [2.75, 3.05) is 6.54 Å². The third-order valence-electron chi connectivity index (χ3n) is 5.02. The van der Waals surface area contributed by atoms with Crippen LogP contribution >= 0.6 is 0 Å². The number of hydrogen-bond donors (Lipinski definition) is 2. The van der Waals surface area contributed by atoms with Crippen molar-refractivity contribution >= 4 is 11.0 Å². The van der Waals surface area contributed by atoms with Crippen molar-refractivity contribution in [2.45, 2.75) is 38.7 Å². The number of hydrogen-bond acceptors (Lipinski definition) is 3. The van der Waals surface area contributed by atoms with Crippen molar-refractivity contribution in [3.63, 3.8) is 0 Å². The van der Waals surface area contributed by atoms with E-state index in [9.17, 15) is 5.11 Å². The number of nitrogens with two attached hydrogens (primary N) is 1. The Bertz CT molecular complexity index is 558. The zero-order chi connectivity index (χ0) is 14.2. The maximum Gasteiger partial charge on any atom is 0.134 e. The fraction of sp³-hybridized carbons (Fsp3) is 0.529. The van der Waals surface area contributed by atoms with Crippen LogP contribution in [0.25, 0.3) is 11.0 Å². The maximum atomic E-state index is 10.8. The van der Waals surface area contributed by atoms with E-state index in [0.29, 0.717) is 18.2 Å². The Morgan fingerprint density at radius 3 is 2.90 bits per heavy atom. The second-order valence-corrected chi connectivity index (χ2v) is 6.17. The molecule has 3 rings (SSSR count). The molecule has 1 saturated carbocycles. The van der Waals surface area contributed by atoms with Gasteiger partial charge in [0, 0.05) is 17.3 Å². The Morgan fingerprint density at radius 1 is 1.45 bits per heavy atom. The van der Waals surface area contributed by atoms with E-state index in [4.69, 9.17) is 10.2 Å². The van der Waals surface area contributed by atoms with Gasteiger partial charge in [-0.3, -0.25) is 0 Å². The van der Waals surface area contributed by atoms with Crippen LogP contribution in [0.3, 0.4) is 0 Å². The normalized spacial score (nSPS) is 28.1. The van der Waals surface area contributed by atoms with Crippen molar-refractivity contribution in [2.24, 2.45) is 17.1 Å². The molecule has 0 aliphatic heterocycles. The molecule has 0 amide bonds. The lowest BCUT2D eigenvalue weighted by atomic mass is 9.78. The number of para-hydroxylation sites is 1. The fourth-order valence-electron chi connectivity index (χ4n) is 3.60. The van der Waals surface area contributed by atoms with Crippen LogP contribution in [0.2, 0.25) is 0 Å². The highest BCUT2D eigenvalue weighted by Crippen LogP contribution is 2.50. The van der Waals surface area contributed by atoms with Gasteiger partial charge in [0.15, 0.2) is 0 Å². The van der Waals surface area contributed by atoms with Gasteiger partial charge >= 0.3 is 0 Å². The van der Waals surface area contributed by atoms with Gasteiger partial charge in [0.1, 0.15) is 17.4 Å². The average molecular weight is 273 g/mol. The van der Waals surface area contributed by atoms with Gasteiger partial charge < -0.3 is 15.3 Å². The minimum atomic E-state index is -0.601. The molecule has 0 bridgehead atoms. The second-order valence-electron chi connectivity index (χ2n) is 6.17. The van der Waals surface area contributed by atoms with E-state index in [1.165, 1.54) is 0 Å². The monoisotopic (exact) mass is 273 g/mol. The summed E-state index contributed by atoms with van der Waals surface area (Å²) >= 11 is 0. The molecule has 0 saturated heterocycles. The number of aliphatic hydroxyl groups is 1. The van der Waals surface area contributed by atoms with Gasteiger partial charge in [-0.1, -0.05) is 31.5 Å². The van der Waals surface area contributed by atoms with Crippen molar-refractivity contribution in [3.8, 4) is 0 Å². The smallest absolute Gasteiger partial charge is 0.134 e. The van der Waals surface area contributed by atoms with Crippen molar-refractivity contribution in [1.82, 2.24) is 0 Å². The molecular weight excluding hydrogens is 250 g/mol. The summed E-state index contributed by atoms with van der Waals surface area (Å²) < 4.78 is 5.83. The largest absolute Gasteiger partial charge is 0.458 e. The van der Waals surface area contributed by atoms with Gasteiger partial charge in [0.25, 0.3) is 0 Å². The zero-order valence-corrected chi connectivity index (χ0v) is 12.0. The number of benzene rings is 1. The predicted octanol–water partition coefficient (Wildman–Crippen LogP) is 3.62. The van der Waals surface area contributed by atoms with Crippen molar-refractivity contribution < 1.29 is 9.52 Å². The first kappa shape index (κ1) is 13.7. The maximum absolute atomic E-state index is 10.8. The van der Waals surface area contributed by atoms with Crippen LogP contribution in [0.4, 0.5) is 0 Å². The molecule has 3 heteroatoms. The molecule has 3 nitrogen and oxygen atoms in total. The van der Waals surface area contributed by atoms with E-state index in [0.717, 1.165) is 36.7 Å². The molecule has 1 aliphatic carbocycles. The lowest BCUT2D eigenvalue weighted by molar-refractivity contribution is 0.0148. The van der Waals surface area contributed by atoms with Gasteiger partial charge in [-0.05, 0) is 37.3 Å². The molecular formula is C17H23NO2. The van der Waals surface area contributed by atoms with Crippen molar-refractivity contribution in [1.29, 1.82) is 0 Å².